The molecule has 0 rings (SSSR count). The van der Waals surface area contributed by atoms with Crippen LogP contribution in [0, 0.1) is 0 Å². The van der Waals surface area contributed by atoms with Crippen molar-refractivity contribution in [2.75, 3.05) is 6.61 Å². The maximum absolute atomic E-state index is 12.6. The summed E-state index contributed by atoms with van der Waals surface area (Å²) in [5, 5.41) is 44.0. The van der Waals surface area contributed by atoms with Crippen LogP contribution in [0.25, 0.3) is 0 Å². The van der Waals surface area contributed by atoms with Crippen molar-refractivity contribution in [1.29, 1.82) is 0 Å². The summed E-state index contributed by atoms with van der Waals surface area (Å²) in [6.45, 7) is 4.08. The van der Waals surface area contributed by atoms with Gasteiger partial charge in [-0.3, -0.25) is 4.79 Å². The van der Waals surface area contributed by atoms with E-state index in [-0.39, 0.29) is 0 Å². The van der Waals surface area contributed by atoms with E-state index >= 15 is 0 Å². The lowest BCUT2D eigenvalue weighted by molar-refractivity contribution is -0.132. The maximum Gasteiger partial charge on any atom is 0.249 e. The molecule has 0 fully saturated rings. The number of nitrogens with one attached hydrogen (secondary N) is 1. The number of carbonyl (C=O) groups excluding carboxylic acids is 1. The van der Waals surface area contributed by atoms with Gasteiger partial charge in [-0.1, -0.05) is 314 Å². The fourth-order valence-corrected chi connectivity index (χ4v) is 10.0. The molecule has 0 radical (unpaired) electrons. The third-order valence-electron chi connectivity index (χ3n) is 14.9. The lowest BCUT2D eigenvalue weighted by Crippen LogP contribution is -2.53. The molecule has 0 saturated carbocycles. The minimum Gasteiger partial charge on any atom is -0.394 e. The first kappa shape index (κ1) is 67.8. The average Bonchev–Trinajstić information content (AvgIpc) is 3.35. The van der Waals surface area contributed by atoms with Crippen LogP contribution < -0.4 is 5.32 Å². The molecule has 1 amide bonds. The van der Waals surface area contributed by atoms with Crippen molar-refractivity contribution >= 4 is 5.91 Å². The van der Waals surface area contributed by atoms with Gasteiger partial charge in [0.1, 0.15) is 12.2 Å². The molecule has 0 aliphatic rings. The van der Waals surface area contributed by atoms with Gasteiger partial charge in [0.15, 0.2) is 0 Å². The number of carbonyl (C=O) groups is 1. The number of amides is 1. The first-order chi connectivity index (χ1) is 34.0. The second-order valence-electron chi connectivity index (χ2n) is 21.7. The lowest BCUT2D eigenvalue weighted by Gasteiger charge is -2.27. The number of aliphatic hydroxyl groups excluding tert-OH is 4. The van der Waals surface area contributed by atoms with Crippen LogP contribution in [0.2, 0.25) is 0 Å². The molecular weight excluding hydrogens is 851 g/mol. The van der Waals surface area contributed by atoms with Gasteiger partial charge < -0.3 is 25.7 Å². The number of hydrogen-bond acceptors (Lipinski definition) is 5. The molecule has 0 aromatic carbocycles. The minimum atomic E-state index is -1.29. The van der Waals surface area contributed by atoms with E-state index < -0.39 is 36.9 Å². The minimum absolute atomic E-state index is 0.365. The summed E-state index contributed by atoms with van der Waals surface area (Å²) in [5.41, 5.74) is 0. The highest BCUT2D eigenvalue weighted by atomic mass is 16.3. The molecule has 4 atom stereocenters. The van der Waals surface area contributed by atoms with E-state index in [0.717, 1.165) is 38.5 Å². The largest absolute Gasteiger partial charge is 0.394 e. The molecule has 5 N–H and O–H groups in total. The van der Waals surface area contributed by atoms with Crippen molar-refractivity contribution in [1.82, 2.24) is 5.32 Å². The summed E-state index contributed by atoms with van der Waals surface area (Å²) in [6.07, 6.45) is 71.4. The summed E-state index contributed by atoms with van der Waals surface area (Å²) in [4.78, 5) is 12.6. The van der Waals surface area contributed by atoms with Crippen LogP contribution in [0.4, 0.5) is 0 Å². The molecule has 0 aliphatic heterocycles. The third-order valence-corrected chi connectivity index (χ3v) is 14.9. The Morgan fingerprint density at radius 1 is 0.348 bits per heavy atom. The van der Waals surface area contributed by atoms with E-state index in [1.807, 2.05) is 0 Å². The summed E-state index contributed by atoms with van der Waals surface area (Å²) in [5.74, 6) is -0.591. The highest BCUT2D eigenvalue weighted by molar-refractivity contribution is 5.80. The Morgan fingerprint density at radius 3 is 0.913 bits per heavy atom. The van der Waals surface area contributed by atoms with Gasteiger partial charge in [-0.25, -0.2) is 0 Å². The van der Waals surface area contributed by atoms with Crippen LogP contribution in [0.5, 0.6) is 0 Å². The monoisotopic (exact) mass is 974 g/mol. The van der Waals surface area contributed by atoms with Crippen LogP contribution in [0.3, 0.4) is 0 Å². The number of allylic oxidation sites excluding steroid dienone is 4. The quantitative estimate of drug-likeness (QED) is 0.0308. The highest BCUT2D eigenvalue weighted by Crippen LogP contribution is 2.19. The molecule has 6 heteroatoms. The van der Waals surface area contributed by atoms with Crippen LogP contribution >= 0.6 is 0 Å². The zero-order valence-electron chi connectivity index (χ0n) is 46.6. The molecule has 6 nitrogen and oxygen atoms in total. The van der Waals surface area contributed by atoms with Gasteiger partial charge in [-0.2, -0.15) is 0 Å². The Morgan fingerprint density at radius 2 is 0.609 bits per heavy atom. The lowest BCUT2D eigenvalue weighted by atomic mass is 10.00. The average molecular weight is 975 g/mol. The van der Waals surface area contributed by atoms with E-state index in [1.54, 1.807) is 0 Å². The van der Waals surface area contributed by atoms with Crippen molar-refractivity contribution in [2.45, 2.75) is 366 Å². The zero-order valence-corrected chi connectivity index (χ0v) is 46.6. The SMILES string of the molecule is CCCCCCCCCCCCCCC/C=C/CC/C=C/CCCC(O)C(O)C(CO)NC(=O)C(O)CCCCCCCCCCCCCCCCCCCCCCCCCCCCCCCCC. The molecule has 0 spiro atoms. The molecular formula is C63H123NO5. The zero-order chi connectivity index (χ0) is 50.2. The Hall–Kier alpha value is -1.21. The molecule has 0 bridgehead atoms. The summed E-state index contributed by atoms with van der Waals surface area (Å²) in [7, 11) is 0. The van der Waals surface area contributed by atoms with Gasteiger partial charge in [-0.05, 0) is 51.4 Å². The molecule has 4 unspecified atom stereocenters. The Kier molecular flexibility index (Phi) is 56.7. The van der Waals surface area contributed by atoms with E-state index in [2.05, 4.69) is 43.5 Å². The van der Waals surface area contributed by atoms with Gasteiger partial charge in [0.25, 0.3) is 0 Å². The van der Waals surface area contributed by atoms with Crippen molar-refractivity contribution in [3.63, 3.8) is 0 Å². The number of aliphatic hydroxyl groups is 4. The Bertz CT molecular complexity index is 1050. The number of unbranched alkanes of at least 4 members (excludes halogenated alkanes) is 45. The first-order valence-corrected chi connectivity index (χ1v) is 31.2. The number of hydrogen-bond donors (Lipinski definition) is 5. The summed E-state index contributed by atoms with van der Waals surface area (Å²) >= 11 is 0. The number of rotatable bonds is 58. The van der Waals surface area contributed by atoms with Crippen LogP contribution in [0.1, 0.15) is 341 Å². The maximum atomic E-state index is 12.6. The van der Waals surface area contributed by atoms with Crippen molar-refractivity contribution in [3.8, 4) is 0 Å². The van der Waals surface area contributed by atoms with Crippen LogP contribution in [0.15, 0.2) is 24.3 Å². The normalized spacial score (nSPS) is 13.8. The van der Waals surface area contributed by atoms with Crippen molar-refractivity contribution in [2.24, 2.45) is 0 Å². The van der Waals surface area contributed by atoms with Crippen LogP contribution in [-0.4, -0.2) is 57.3 Å². The first-order valence-electron chi connectivity index (χ1n) is 31.2. The van der Waals surface area contributed by atoms with E-state index in [1.165, 1.54) is 270 Å². The van der Waals surface area contributed by atoms with E-state index in [9.17, 15) is 25.2 Å². The molecule has 0 aromatic heterocycles. The molecule has 0 aromatic rings. The van der Waals surface area contributed by atoms with Crippen LogP contribution in [-0.2, 0) is 4.79 Å². The van der Waals surface area contributed by atoms with Gasteiger partial charge in [0.2, 0.25) is 5.91 Å². The predicted molar refractivity (Wildman–Crippen MR) is 302 cm³/mol. The highest BCUT2D eigenvalue weighted by Gasteiger charge is 2.28. The van der Waals surface area contributed by atoms with Crippen molar-refractivity contribution < 1.29 is 25.2 Å². The molecule has 410 valence electrons. The topological polar surface area (TPSA) is 110 Å². The fraction of sp³-hybridized carbons (Fsp3) is 0.921. The second kappa shape index (κ2) is 57.7. The Balaban J connectivity index is 3.59. The fourth-order valence-electron chi connectivity index (χ4n) is 10.0. The second-order valence-corrected chi connectivity index (χ2v) is 21.7. The predicted octanol–water partition coefficient (Wildman–Crippen LogP) is 18.6. The summed E-state index contributed by atoms with van der Waals surface area (Å²) in [6, 6.07) is -1.01. The van der Waals surface area contributed by atoms with Gasteiger partial charge in [-0.15, -0.1) is 0 Å². The summed E-state index contributed by atoms with van der Waals surface area (Å²) < 4.78 is 0. The molecule has 69 heavy (non-hydrogen) atoms. The van der Waals surface area contributed by atoms with E-state index in [0.29, 0.717) is 19.3 Å². The van der Waals surface area contributed by atoms with Gasteiger partial charge in [0.05, 0.1) is 18.8 Å². The van der Waals surface area contributed by atoms with Gasteiger partial charge >= 0.3 is 0 Å². The van der Waals surface area contributed by atoms with Crippen molar-refractivity contribution in [3.05, 3.63) is 24.3 Å². The Labute approximate surface area is 431 Å². The third kappa shape index (κ3) is 51.5. The molecule has 0 saturated heterocycles. The van der Waals surface area contributed by atoms with E-state index in [4.69, 9.17) is 0 Å². The molecule has 0 heterocycles. The van der Waals surface area contributed by atoms with Gasteiger partial charge in [0, 0.05) is 0 Å². The molecule has 0 aliphatic carbocycles. The smallest absolute Gasteiger partial charge is 0.249 e. The standard InChI is InChI=1S/C63H123NO5/c1-3-5-7-9-11-13-15-17-19-21-23-25-27-28-29-30-31-32-33-34-35-37-39-41-43-45-47-49-51-53-55-57-61(67)63(69)64-59(58-65)62(68)60(66)56-54-52-50-48-46-44-42-40-38-36-26-24-22-20-18-16-14-12-10-8-6-4-2/h40,42,48,50,59-62,65-68H,3-39,41,43-47,49,51-58H2,1-2H3,(H,64,69)/b42-40+,50-48+.